The molecule has 0 fully saturated rings. The topological polar surface area (TPSA) is 51.4 Å². The zero-order valence-electron chi connectivity index (χ0n) is 12.2. The van der Waals surface area contributed by atoms with Gasteiger partial charge in [0.1, 0.15) is 0 Å². The van der Waals surface area contributed by atoms with Crippen LogP contribution in [-0.4, -0.2) is 10.5 Å². The molecule has 0 saturated carbocycles. The Balaban J connectivity index is 2.17. The van der Waals surface area contributed by atoms with Crippen molar-refractivity contribution in [1.82, 2.24) is 4.57 Å². The minimum absolute atomic E-state index is 0.0934. The largest absolute Gasteiger partial charge is 0.320 e. The molecule has 3 aromatic rings. The summed E-state index contributed by atoms with van der Waals surface area (Å²) < 4.78 is 1.68. The van der Waals surface area contributed by atoms with E-state index >= 15 is 0 Å². The number of amides is 1. The van der Waals surface area contributed by atoms with Gasteiger partial charge in [0.05, 0.1) is 10.9 Å². The van der Waals surface area contributed by atoms with E-state index in [2.05, 4.69) is 4.99 Å². The lowest BCUT2D eigenvalue weighted by atomic mass is 10.1. The van der Waals surface area contributed by atoms with Crippen molar-refractivity contribution in [2.45, 2.75) is 6.92 Å². The minimum Gasteiger partial charge on any atom is -0.320 e. The van der Waals surface area contributed by atoms with Gasteiger partial charge < -0.3 is 4.57 Å². The number of rotatable bonds is 1. The molecule has 3 rings (SSSR count). The average Bonchev–Trinajstić information content (AvgIpc) is 2.53. The van der Waals surface area contributed by atoms with Crippen LogP contribution in [0.5, 0.6) is 0 Å². The van der Waals surface area contributed by atoms with Crippen LogP contribution in [0.4, 0.5) is 0 Å². The maximum atomic E-state index is 12.2. The van der Waals surface area contributed by atoms with Gasteiger partial charge in [-0.15, -0.1) is 0 Å². The molecule has 0 radical (unpaired) electrons. The second-order valence-electron chi connectivity index (χ2n) is 5.03. The van der Waals surface area contributed by atoms with Crippen LogP contribution >= 0.6 is 11.3 Å². The molecule has 1 amide bonds. The quantitative estimate of drug-likeness (QED) is 0.694. The van der Waals surface area contributed by atoms with Gasteiger partial charge in [-0.3, -0.25) is 9.59 Å². The van der Waals surface area contributed by atoms with Gasteiger partial charge in [0.2, 0.25) is 4.74 Å². The molecule has 0 aliphatic rings. The Kier molecular flexibility index (Phi) is 3.73. The summed E-state index contributed by atoms with van der Waals surface area (Å²) in [6.45, 7) is 1.96. The number of hydrogen-bond acceptors (Lipinski definition) is 3. The van der Waals surface area contributed by atoms with E-state index in [-0.39, 0.29) is 10.6 Å². The van der Waals surface area contributed by atoms with Crippen molar-refractivity contribution in [3.05, 3.63) is 74.0 Å². The highest BCUT2D eigenvalue weighted by molar-refractivity contribution is 7.07. The molecular weight excluding hydrogens is 296 g/mol. The van der Waals surface area contributed by atoms with Gasteiger partial charge >= 0.3 is 0 Å². The average molecular weight is 310 g/mol. The first-order valence-corrected chi connectivity index (χ1v) is 7.62. The van der Waals surface area contributed by atoms with Gasteiger partial charge in [0, 0.05) is 12.6 Å². The van der Waals surface area contributed by atoms with Crippen molar-refractivity contribution in [3.63, 3.8) is 0 Å². The molecule has 2 aromatic carbocycles. The van der Waals surface area contributed by atoms with E-state index in [9.17, 15) is 9.59 Å². The van der Waals surface area contributed by atoms with Crippen molar-refractivity contribution in [1.29, 1.82) is 0 Å². The maximum absolute atomic E-state index is 12.2. The van der Waals surface area contributed by atoms with Gasteiger partial charge in [-0.2, -0.15) is 4.99 Å². The third kappa shape index (κ3) is 2.63. The number of aromatic nitrogens is 1. The van der Waals surface area contributed by atoms with Crippen LogP contribution in [0.15, 0.2) is 58.3 Å². The molecular formula is C17H14N2O2S. The lowest BCUT2D eigenvalue weighted by Gasteiger charge is -2.04. The van der Waals surface area contributed by atoms with Crippen LogP contribution in [-0.2, 0) is 7.05 Å². The number of carbonyl (C=O) groups is 1. The molecule has 5 heteroatoms. The highest BCUT2D eigenvalue weighted by atomic mass is 32.1. The van der Waals surface area contributed by atoms with Gasteiger partial charge in [-0.05, 0) is 31.2 Å². The smallest absolute Gasteiger partial charge is 0.279 e. The van der Waals surface area contributed by atoms with Crippen LogP contribution in [0, 0.1) is 6.92 Å². The summed E-state index contributed by atoms with van der Waals surface area (Å²) in [4.78, 5) is 28.9. The Morgan fingerprint density at radius 3 is 2.50 bits per heavy atom. The summed E-state index contributed by atoms with van der Waals surface area (Å²) in [5.74, 6) is -0.346. The number of para-hydroxylation sites is 1. The van der Waals surface area contributed by atoms with Crippen molar-refractivity contribution in [3.8, 4) is 0 Å². The summed E-state index contributed by atoms with van der Waals surface area (Å²) in [5, 5.41) is 0.636. The molecule has 4 nitrogen and oxygen atoms in total. The Bertz CT molecular complexity index is 982. The van der Waals surface area contributed by atoms with Crippen LogP contribution in [0.2, 0.25) is 0 Å². The zero-order valence-corrected chi connectivity index (χ0v) is 13.1. The van der Waals surface area contributed by atoms with Gasteiger partial charge in [0.15, 0.2) is 4.80 Å². The molecule has 0 aliphatic carbocycles. The van der Waals surface area contributed by atoms with E-state index in [1.165, 1.54) is 0 Å². The van der Waals surface area contributed by atoms with Crippen molar-refractivity contribution in [2.24, 2.45) is 12.0 Å². The van der Waals surface area contributed by atoms with Crippen LogP contribution in [0.25, 0.3) is 10.9 Å². The second-order valence-corrected chi connectivity index (χ2v) is 5.97. The number of benzene rings is 2. The van der Waals surface area contributed by atoms with E-state index in [4.69, 9.17) is 0 Å². The fourth-order valence-electron chi connectivity index (χ4n) is 2.19. The number of fused-ring (bicyclic) bond motifs is 1. The molecule has 110 valence electrons. The highest BCUT2D eigenvalue weighted by Crippen LogP contribution is 2.08. The molecule has 0 atom stereocenters. The van der Waals surface area contributed by atoms with E-state index in [0.29, 0.717) is 15.8 Å². The third-order valence-corrected chi connectivity index (χ3v) is 4.40. The first-order valence-electron chi connectivity index (χ1n) is 6.81. The van der Waals surface area contributed by atoms with Gasteiger partial charge in [-0.1, -0.05) is 41.2 Å². The predicted molar refractivity (Wildman–Crippen MR) is 88.1 cm³/mol. The lowest BCUT2D eigenvalue weighted by Crippen LogP contribution is -2.22. The molecule has 22 heavy (non-hydrogen) atoms. The third-order valence-electron chi connectivity index (χ3n) is 3.45. The molecule has 0 N–H and O–H groups in total. The molecule has 0 spiro atoms. The van der Waals surface area contributed by atoms with Crippen molar-refractivity contribution < 1.29 is 4.79 Å². The number of carbonyl (C=O) groups excluding carboxylic acids is 1. The number of nitrogens with zero attached hydrogens (tertiary/aromatic N) is 2. The van der Waals surface area contributed by atoms with Crippen LogP contribution in [0.1, 0.15) is 15.9 Å². The molecule has 1 aromatic heterocycles. The Hall–Kier alpha value is -2.53. The van der Waals surface area contributed by atoms with Gasteiger partial charge in [0.25, 0.3) is 5.91 Å². The standard InChI is InChI=1S/C17H14N2O2S/c1-11-7-9-12(10-8-11)15(20)18-17-19(2)14-6-4-3-5-13(14)16(21)22-17/h3-10H,1-2H3. The zero-order chi connectivity index (χ0) is 15.7. The SMILES string of the molecule is Cc1ccc(C(=O)N=c2sc(=O)c3ccccc3n2C)cc1. The van der Waals surface area contributed by atoms with Crippen LogP contribution in [0.3, 0.4) is 0 Å². The molecule has 1 heterocycles. The molecule has 0 aliphatic heterocycles. The van der Waals surface area contributed by atoms with Crippen molar-refractivity contribution >= 4 is 28.1 Å². The first kappa shape index (κ1) is 14.4. The minimum atomic E-state index is -0.346. The fourth-order valence-corrected chi connectivity index (χ4v) is 3.01. The Morgan fingerprint density at radius 1 is 1.09 bits per heavy atom. The summed E-state index contributed by atoms with van der Waals surface area (Å²) in [7, 11) is 1.81. The van der Waals surface area contributed by atoms with E-state index in [0.717, 1.165) is 22.4 Å². The van der Waals surface area contributed by atoms with Crippen LogP contribution < -0.4 is 9.54 Å². The molecule has 0 bridgehead atoms. The van der Waals surface area contributed by atoms with Crippen molar-refractivity contribution in [2.75, 3.05) is 0 Å². The highest BCUT2D eigenvalue weighted by Gasteiger charge is 2.07. The fraction of sp³-hybridized carbons (Fsp3) is 0.118. The molecule has 0 saturated heterocycles. The van der Waals surface area contributed by atoms with Gasteiger partial charge in [-0.25, -0.2) is 0 Å². The first-order chi connectivity index (χ1) is 10.6. The Morgan fingerprint density at radius 2 is 1.77 bits per heavy atom. The summed E-state index contributed by atoms with van der Waals surface area (Å²) in [5.41, 5.74) is 2.36. The van der Waals surface area contributed by atoms with E-state index in [1.54, 1.807) is 29.8 Å². The van der Waals surface area contributed by atoms with E-state index in [1.807, 2.05) is 37.3 Å². The lowest BCUT2D eigenvalue weighted by molar-refractivity contribution is 0.0998. The second kappa shape index (κ2) is 5.69. The predicted octanol–water partition coefficient (Wildman–Crippen LogP) is 2.65. The molecule has 0 unspecified atom stereocenters. The summed E-state index contributed by atoms with van der Waals surface area (Å²) in [6.07, 6.45) is 0. The Labute approximate surface area is 131 Å². The summed E-state index contributed by atoms with van der Waals surface area (Å²) >= 11 is 0.979. The monoisotopic (exact) mass is 310 g/mol. The number of hydrogen-bond donors (Lipinski definition) is 0. The summed E-state index contributed by atoms with van der Waals surface area (Å²) in [6, 6.07) is 14.5. The number of aryl methyl sites for hydroxylation is 2. The maximum Gasteiger partial charge on any atom is 0.279 e. The normalized spacial score (nSPS) is 11.8. The van der Waals surface area contributed by atoms with E-state index < -0.39 is 0 Å².